The van der Waals surface area contributed by atoms with E-state index in [1.54, 1.807) is 18.4 Å². The Hall–Kier alpha value is -1.43. The number of nitrogens with zero attached hydrogens (tertiary/aromatic N) is 1. The summed E-state index contributed by atoms with van der Waals surface area (Å²) in [5, 5.41) is 1.01. The van der Waals surface area contributed by atoms with Gasteiger partial charge >= 0.3 is 0 Å². The molecule has 0 radical (unpaired) electrons. The molecule has 96 valence electrons. The molecule has 0 N–H and O–H groups in total. The number of aryl methyl sites for hydroxylation is 1. The van der Waals surface area contributed by atoms with E-state index < -0.39 is 0 Å². The number of ether oxygens (including phenoxy) is 1. The first-order valence-corrected chi connectivity index (χ1v) is 6.32. The van der Waals surface area contributed by atoms with Crippen LogP contribution in [0.2, 0.25) is 0 Å². The second-order valence-electron chi connectivity index (χ2n) is 3.66. The van der Waals surface area contributed by atoms with Crippen LogP contribution < -0.4 is 4.74 Å². The van der Waals surface area contributed by atoms with Crippen molar-refractivity contribution in [3.05, 3.63) is 34.2 Å². The van der Waals surface area contributed by atoms with Crippen molar-refractivity contribution in [3.63, 3.8) is 0 Å². The van der Waals surface area contributed by atoms with E-state index in [2.05, 4.69) is 9.87 Å². The van der Waals surface area contributed by atoms with Crippen LogP contribution in [0.5, 0.6) is 5.75 Å². The van der Waals surface area contributed by atoms with Gasteiger partial charge in [0.05, 0.1) is 29.8 Å². The molecule has 4 nitrogen and oxygen atoms in total. The highest BCUT2D eigenvalue weighted by molar-refractivity contribution is 7.12. The van der Waals surface area contributed by atoms with Crippen molar-refractivity contribution in [1.29, 1.82) is 0 Å². The van der Waals surface area contributed by atoms with Crippen molar-refractivity contribution in [3.8, 4) is 17.0 Å². The molecule has 0 saturated carbocycles. The van der Waals surface area contributed by atoms with E-state index in [1.807, 2.05) is 31.2 Å². The van der Waals surface area contributed by atoms with Gasteiger partial charge in [-0.1, -0.05) is 0 Å². The zero-order valence-corrected chi connectivity index (χ0v) is 11.4. The molecule has 5 heteroatoms. The largest absolute Gasteiger partial charge is 0.497 e. The van der Waals surface area contributed by atoms with Gasteiger partial charge in [-0.15, -0.1) is 11.3 Å². The van der Waals surface area contributed by atoms with E-state index in [9.17, 15) is 0 Å². The first-order valence-electron chi connectivity index (χ1n) is 5.51. The van der Waals surface area contributed by atoms with Gasteiger partial charge in [0.25, 0.3) is 0 Å². The van der Waals surface area contributed by atoms with Crippen LogP contribution in [0.1, 0.15) is 9.88 Å². The summed E-state index contributed by atoms with van der Waals surface area (Å²) in [4.78, 5) is 15.2. The molecular formula is C13H15NO3S. The lowest BCUT2D eigenvalue weighted by atomic mass is 10.1. The third kappa shape index (κ3) is 2.87. The van der Waals surface area contributed by atoms with Crippen LogP contribution in [-0.4, -0.2) is 19.2 Å². The van der Waals surface area contributed by atoms with Crippen molar-refractivity contribution in [2.24, 2.45) is 0 Å². The summed E-state index contributed by atoms with van der Waals surface area (Å²) in [6.07, 6.45) is 0. The van der Waals surface area contributed by atoms with Crippen molar-refractivity contribution in [2.75, 3.05) is 14.2 Å². The molecule has 2 rings (SSSR count). The minimum atomic E-state index is 0.406. The maximum atomic E-state index is 5.14. The highest BCUT2D eigenvalue weighted by atomic mass is 32.1. The molecule has 1 heterocycles. The molecule has 1 aromatic carbocycles. The van der Waals surface area contributed by atoms with Crippen molar-refractivity contribution < 1.29 is 14.5 Å². The number of hydrogen-bond acceptors (Lipinski definition) is 5. The molecule has 2 aromatic rings. The lowest BCUT2D eigenvalue weighted by molar-refractivity contribution is -0.281. The van der Waals surface area contributed by atoms with Crippen molar-refractivity contribution in [2.45, 2.75) is 13.5 Å². The Morgan fingerprint density at radius 2 is 1.89 bits per heavy atom. The van der Waals surface area contributed by atoms with E-state index >= 15 is 0 Å². The molecule has 0 fully saturated rings. The van der Waals surface area contributed by atoms with E-state index in [0.29, 0.717) is 6.61 Å². The van der Waals surface area contributed by atoms with Gasteiger partial charge in [-0.25, -0.2) is 14.8 Å². The van der Waals surface area contributed by atoms with Crippen LogP contribution in [0.15, 0.2) is 24.3 Å². The van der Waals surface area contributed by atoms with Crippen LogP contribution >= 0.6 is 11.3 Å². The predicted octanol–water partition coefficient (Wildman–Crippen LogP) is 3.21. The fourth-order valence-corrected chi connectivity index (χ4v) is 2.51. The molecule has 0 atom stereocenters. The van der Waals surface area contributed by atoms with Crippen LogP contribution in [-0.2, 0) is 16.4 Å². The monoisotopic (exact) mass is 265 g/mol. The van der Waals surface area contributed by atoms with Crippen LogP contribution in [0, 0.1) is 6.92 Å². The van der Waals surface area contributed by atoms with Gasteiger partial charge in [-0.3, -0.25) is 0 Å². The molecule has 0 amide bonds. The Labute approximate surface area is 110 Å². The third-order valence-corrected chi connectivity index (χ3v) is 3.42. The minimum absolute atomic E-state index is 0.406. The molecule has 0 unspecified atom stereocenters. The number of benzene rings is 1. The van der Waals surface area contributed by atoms with Crippen molar-refractivity contribution >= 4 is 11.3 Å². The lowest BCUT2D eigenvalue weighted by Gasteiger charge is -2.03. The van der Waals surface area contributed by atoms with Gasteiger partial charge in [0.15, 0.2) is 0 Å². The number of hydrogen-bond donors (Lipinski definition) is 0. The maximum Gasteiger partial charge on any atom is 0.119 e. The van der Waals surface area contributed by atoms with E-state index in [1.165, 1.54) is 7.11 Å². The molecule has 1 aromatic heterocycles. The summed E-state index contributed by atoms with van der Waals surface area (Å²) < 4.78 is 5.14. The Bertz CT molecular complexity index is 507. The molecular weight excluding hydrogens is 250 g/mol. The van der Waals surface area contributed by atoms with Crippen LogP contribution in [0.25, 0.3) is 11.3 Å². The van der Waals surface area contributed by atoms with E-state index in [-0.39, 0.29) is 0 Å². The summed E-state index contributed by atoms with van der Waals surface area (Å²) in [6.45, 7) is 2.39. The number of methoxy groups -OCH3 is 1. The predicted molar refractivity (Wildman–Crippen MR) is 70.6 cm³/mol. The fourth-order valence-electron chi connectivity index (χ4n) is 1.65. The molecule has 0 saturated heterocycles. The smallest absolute Gasteiger partial charge is 0.119 e. The summed E-state index contributed by atoms with van der Waals surface area (Å²) in [7, 11) is 3.15. The van der Waals surface area contributed by atoms with Gasteiger partial charge in [0, 0.05) is 5.56 Å². The average molecular weight is 265 g/mol. The summed E-state index contributed by atoms with van der Waals surface area (Å²) >= 11 is 1.61. The SMILES string of the molecule is COOCc1sc(C)nc1-c1ccc(OC)cc1. The zero-order chi connectivity index (χ0) is 13.0. The Balaban J connectivity index is 2.30. The zero-order valence-electron chi connectivity index (χ0n) is 10.6. The summed E-state index contributed by atoms with van der Waals surface area (Å²) in [6, 6.07) is 7.82. The number of rotatable bonds is 5. The first-order chi connectivity index (χ1) is 8.74. The van der Waals surface area contributed by atoms with Gasteiger partial charge in [0.2, 0.25) is 0 Å². The maximum absolute atomic E-state index is 5.14. The second-order valence-corrected chi connectivity index (χ2v) is 4.95. The number of thiazole rings is 1. The lowest BCUT2D eigenvalue weighted by Crippen LogP contribution is -1.91. The topological polar surface area (TPSA) is 40.6 Å². The molecule has 0 aliphatic rings. The highest BCUT2D eigenvalue weighted by Gasteiger charge is 2.11. The van der Waals surface area contributed by atoms with Gasteiger partial charge in [-0.2, -0.15) is 0 Å². The Morgan fingerprint density at radius 1 is 1.17 bits per heavy atom. The first kappa shape index (κ1) is 13.0. The standard InChI is InChI=1S/C13H15NO3S/c1-9-14-13(12(18-9)8-17-16-3)10-4-6-11(15-2)7-5-10/h4-7H,8H2,1-3H3. The van der Waals surface area contributed by atoms with Crippen molar-refractivity contribution in [1.82, 2.24) is 4.98 Å². The molecule has 0 bridgehead atoms. The van der Waals surface area contributed by atoms with Gasteiger partial charge < -0.3 is 4.74 Å². The van der Waals surface area contributed by atoms with Crippen LogP contribution in [0.4, 0.5) is 0 Å². The van der Waals surface area contributed by atoms with Gasteiger partial charge in [-0.05, 0) is 31.2 Å². The average Bonchev–Trinajstić information content (AvgIpc) is 2.77. The fraction of sp³-hybridized carbons (Fsp3) is 0.308. The molecule has 0 spiro atoms. The Kier molecular flexibility index (Phi) is 4.30. The highest BCUT2D eigenvalue weighted by Crippen LogP contribution is 2.29. The van der Waals surface area contributed by atoms with E-state index in [4.69, 9.17) is 9.62 Å². The minimum Gasteiger partial charge on any atom is -0.497 e. The van der Waals surface area contributed by atoms with Crippen LogP contribution in [0.3, 0.4) is 0 Å². The Morgan fingerprint density at radius 3 is 2.50 bits per heavy atom. The normalized spacial score (nSPS) is 10.6. The second kappa shape index (κ2) is 5.95. The molecule has 18 heavy (non-hydrogen) atoms. The number of aromatic nitrogens is 1. The molecule has 0 aliphatic heterocycles. The van der Waals surface area contributed by atoms with E-state index in [0.717, 1.165) is 26.9 Å². The summed E-state index contributed by atoms with van der Waals surface area (Å²) in [5.41, 5.74) is 1.99. The third-order valence-electron chi connectivity index (χ3n) is 2.48. The van der Waals surface area contributed by atoms with Gasteiger partial charge in [0.1, 0.15) is 12.4 Å². The quantitative estimate of drug-likeness (QED) is 0.615. The summed E-state index contributed by atoms with van der Waals surface area (Å²) in [5.74, 6) is 0.834. The molecule has 0 aliphatic carbocycles.